The van der Waals surface area contributed by atoms with Crippen LogP contribution in [-0.2, 0) is 19.1 Å². The summed E-state index contributed by atoms with van der Waals surface area (Å²) in [6.07, 6.45) is 4.96. The molecule has 0 heterocycles. The number of carbonyl (C=O) groups excluding carboxylic acids is 1. The summed E-state index contributed by atoms with van der Waals surface area (Å²) in [5.74, 6) is 0.227. The normalized spacial score (nSPS) is 18.0. The lowest BCUT2D eigenvalue weighted by Crippen LogP contribution is -2.10. The fourth-order valence-electron chi connectivity index (χ4n) is 1.84. The van der Waals surface area contributed by atoms with Crippen molar-refractivity contribution in [2.24, 2.45) is 0 Å². The first-order valence-corrected chi connectivity index (χ1v) is 7.28. The summed E-state index contributed by atoms with van der Waals surface area (Å²) in [4.78, 5) is 11.4. The first-order chi connectivity index (χ1) is 7.40. The molecule has 1 aliphatic rings. The molecule has 0 amide bonds. The van der Waals surface area contributed by atoms with Gasteiger partial charge in [-0.3, -0.25) is 8.98 Å². The number of Topliss-reactive ketones (excluding diaryl/α,β-unsaturated/α-hetero) is 1. The standard InChI is InChI=1S/C11H18O4S/c1-9-10(5-3-7-11(9)12)6-4-8-15-16(2,13)14/h3-8H2,1-2H3. The molecule has 0 aliphatic heterocycles. The largest absolute Gasteiger partial charge is 0.295 e. The van der Waals surface area contributed by atoms with Gasteiger partial charge in [-0.15, -0.1) is 0 Å². The lowest BCUT2D eigenvalue weighted by Gasteiger charge is -2.16. The lowest BCUT2D eigenvalue weighted by molar-refractivity contribution is -0.116. The van der Waals surface area contributed by atoms with Crippen LogP contribution >= 0.6 is 0 Å². The Labute approximate surface area is 96.8 Å². The van der Waals surface area contributed by atoms with Crippen LogP contribution in [-0.4, -0.2) is 27.1 Å². The number of ketones is 1. The molecule has 0 N–H and O–H groups in total. The highest BCUT2D eigenvalue weighted by molar-refractivity contribution is 7.85. The molecule has 0 unspecified atom stereocenters. The van der Waals surface area contributed by atoms with E-state index in [2.05, 4.69) is 4.18 Å². The summed E-state index contributed by atoms with van der Waals surface area (Å²) in [5.41, 5.74) is 2.03. The van der Waals surface area contributed by atoms with E-state index in [1.807, 2.05) is 6.92 Å². The highest BCUT2D eigenvalue weighted by atomic mass is 32.2. The topological polar surface area (TPSA) is 60.4 Å². The average Bonchev–Trinajstić information content (AvgIpc) is 2.17. The molecule has 0 atom stereocenters. The van der Waals surface area contributed by atoms with E-state index in [1.165, 1.54) is 0 Å². The second-order valence-corrected chi connectivity index (χ2v) is 5.78. The highest BCUT2D eigenvalue weighted by Gasteiger charge is 2.16. The maximum absolute atomic E-state index is 11.4. The molecule has 1 aliphatic carbocycles. The minimum absolute atomic E-state index is 0.198. The van der Waals surface area contributed by atoms with Crippen molar-refractivity contribution in [1.29, 1.82) is 0 Å². The Morgan fingerprint density at radius 3 is 2.62 bits per heavy atom. The summed E-state index contributed by atoms with van der Waals surface area (Å²) in [6.45, 7) is 2.05. The molecular formula is C11H18O4S. The minimum Gasteiger partial charge on any atom is -0.295 e. The molecule has 0 spiro atoms. The minimum atomic E-state index is -3.33. The molecule has 0 aromatic carbocycles. The van der Waals surface area contributed by atoms with Gasteiger partial charge in [-0.25, -0.2) is 0 Å². The van der Waals surface area contributed by atoms with Gasteiger partial charge in [0.15, 0.2) is 5.78 Å². The average molecular weight is 246 g/mol. The van der Waals surface area contributed by atoms with Crippen LogP contribution in [0.15, 0.2) is 11.1 Å². The highest BCUT2D eigenvalue weighted by Crippen LogP contribution is 2.25. The third-order valence-electron chi connectivity index (χ3n) is 2.75. The second-order valence-electron chi connectivity index (χ2n) is 4.13. The van der Waals surface area contributed by atoms with Crippen LogP contribution < -0.4 is 0 Å². The Balaban J connectivity index is 2.38. The molecule has 5 heteroatoms. The van der Waals surface area contributed by atoms with E-state index in [0.717, 1.165) is 36.7 Å². The van der Waals surface area contributed by atoms with E-state index in [0.29, 0.717) is 12.8 Å². The van der Waals surface area contributed by atoms with Crippen molar-refractivity contribution in [1.82, 2.24) is 0 Å². The molecule has 0 saturated carbocycles. The summed E-state index contributed by atoms with van der Waals surface area (Å²) in [5, 5.41) is 0. The third-order valence-corrected chi connectivity index (χ3v) is 3.35. The van der Waals surface area contributed by atoms with Crippen LogP contribution in [0.4, 0.5) is 0 Å². The predicted octanol–water partition coefficient (Wildman–Crippen LogP) is 1.81. The Bertz CT molecular complexity index is 392. The quantitative estimate of drug-likeness (QED) is 0.548. The van der Waals surface area contributed by atoms with Gasteiger partial charge in [0.1, 0.15) is 0 Å². The van der Waals surface area contributed by atoms with E-state index in [9.17, 15) is 13.2 Å². The van der Waals surface area contributed by atoms with E-state index in [4.69, 9.17) is 0 Å². The summed E-state index contributed by atoms with van der Waals surface area (Å²) in [6, 6.07) is 0. The van der Waals surface area contributed by atoms with E-state index >= 15 is 0 Å². The Kier molecular flexibility index (Phi) is 4.68. The zero-order valence-corrected chi connectivity index (χ0v) is 10.6. The van der Waals surface area contributed by atoms with Gasteiger partial charge in [0.05, 0.1) is 12.9 Å². The van der Waals surface area contributed by atoms with Crippen molar-refractivity contribution < 1.29 is 17.4 Å². The van der Waals surface area contributed by atoms with Gasteiger partial charge in [0, 0.05) is 6.42 Å². The first-order valence-electron chi connectivity index (χ1n) is 5.46. The number of hydrogen-bond acceptors (Lipinski definition) is 4. The molecule has 0 aromatic heterocycles. The van der Waals surface area contributed by atoms with Crippen LogP contribution in [0.3, 0.4) is 0 Å². The van der Waals surface area contributed by atoms with Crippen LogP contribution in [0, 0.1) is 0 Å². The van der Waals surface area contributed by atoms with Crippen LogP contribution in [0.5, 0.6) is 0 Å². The zero-order valence-electron chi connectivity index (χ0n) is 9.78. The van der Waals surface area contributed by atoms with Gasteiger partial charge >= 0.3 is 0 Å². The number of carbonyl (C=O) groups is 1. The van der Waals surface area contributed by atoms with Crippen molar-refractivity contribution in [3.05, 3.63) is 11.1 Å². The number of rotatable bonds is 5. The number of allylic oxidation sites excluding steroid dienone is 2. The summed E-state index contributed by atoms with van der Waals surface area (Å²) in [7, 11) is -3.33. The van der Waals surface area contributed by atoms with Crippen molar-refractivity contribution >= 4 is 15.9 Å². The van der Waals surface area contributed by atoms with Crippen molar-refractivity contribution in [3.8, 4) is 0 Å². The van der Waals surface area contributed by atoms with E-state index in [1.54, 1.807) is 0 Å². The predicted molar refractivity (Wildman–Crippen MR) is 61.6 cm³/mol. The van der Waals surface area contributed by atoms with Crippen molar-refractivity contribution in [3.63, 3.8) is 0 Å². The van der Waals surface area contributed by atoms with Crippen LogP contribution in [0.1, 0.15) is 39.0 Å². The maximum Gasteiger partial charge on any atom is 0.264 e. The van der Waals surface area contributed by atoms with Gasteiger partial charge < -0.3 is 0 Å². The first kappa shape index (κ1) is 13.4. The zero-order chi connectivity index (χ0) is 12.2. The molecule has 0 fully saturated rings. The summed E-state index contributed by atoms with van der Waals surface area (Å²) >= 11 is 0. The molecule has 0 aromatic rings. The molecule has 92 valence electrons. The molecular weight excluding hydrogens is 228 g/mol. The Hall–Kier alpha value is -0.680. The van der Waals surface area contributed by atoms with Gasteiger partial charge in [0.2, 0.25) is 0 Å². The molecule has 0 radical (unpaired) electrons. The monoisotopic (exact) mass is 246 g/mol. The van der Waals surface area contributed by atoms with Crippen molar-refractivity contribution in [2.45, 2.75) is 39.0 Å². The number of hydrogen-bond donors (Lipinski definition) is 0. The second kappa shape index (κ2) is 5.59. The fraction of sp³-hybridized carbons (Fsp3) is 0.727. The fourth-order valence-corrected chi connectivity index (χ4v) is 2.26. The van der Waals surface area contributed by atoms with E-state index in [-0.39, 0.29) is 12.4 Å². The van der Waals surface area contributed by atoms with Gasteiger partial charge in [-0.1, -0.05) is 5.57 Å². The van der Waals surface area contributed by atoms with Gasteiger partial charge in [-0.2, -0.15) is 8.42 Å². The van der Waals surface area contributed by atoms with Crippen molar-refractivity contribution in [2.75, 3.05) is 12.9 Å². The molecule has 4 nitrogen and oxygen atoms in total. The molecule has 16 heavy (non-hydrogen) atoms. The van der Waals surface area contributed by atoms with Gasteiger partial charge in [-0.05, 0) is 38.2 Å². The van der Waals surface area contributed by atoms with Crippen LogP contribution in [0.25, 0.3) is 0 Å². The Morgan fingerprint density at radius 1 is 1.31 bits per heavy atom. The van der Waals surface area contributed by atoms with E-state index < -0.39 is 10.1 Å². The summed E-state index contributed by atoms with van der Waals surface area (Å²) < 4.78 is 26.1. The van der Waals surface area contributed by atoms with Gasteiger partial charge in [0.25, 0.3) is 10.1 Å². The molecule has 0 saturated heterocycles. The smallest absolute Gasteiger partial charge is 0.264 e. The SMILES string of the molecule is CC1=C(CCCOS(C)(=O)=O)CCCC1=O. The van der Waals surface area contributed by atoms with Crippen LogP contribution in [0.2, 0.25) is 0 Å². The molecule has 0 bridgehead atoms. The lowest BCUT2D eigenvalue weighted by atomic mass is 9.89. The molecule has 1 rings (SSSR count). The Morgan fingerprint density at radius 2 is 2.00 bits per heavy atom. The maximum atomic E-state index is 11.4. The third kappa shape index (κ3) is 4.45.